The number of nitrogens with zero attached hydrogens (tertiary/aromatic N) is 9. The van der Waals surface area contributed by atoms with Crippen molar-refractivity contribution in [2.75, 3.05) is 26.9 Å². The number of aromatic nitrogens is 9. The summed E-state index contributed by atoms with van der Waals surface area (Å²) in [4.78, 5) is 38.9. The second-order valence-corrected chi connectivity index (χ2v) is 36.9. The topological polar surface area (TPSA) is 184 Å². The quantitative estimate of drug-likeness (QED) is 0.132. The molecule has 9 aromatic rings. The van der Waals surface area contributed by atoms with Gasteiger partial charge in [0.25, 0.3) is 0 Å². The van der Waals surface area contributed by atoms with Crippen LogP contribution in [0.1, 0.15) is 292 Å². The normalized spacial score (nSPS) is 11.7. The third-order valence-electron chi connectivity index (χ3n) is 16.4. The van der Waals surface area contributed by atoms with Crippen LogP contribution in [0.3, 0.4) is 0 Å². The van der Waals surface area contributed by atoms with Gasteiger partial charge >= 0.3 is 6.18 Å². The molecule has 0 aliphatic heterocycles. The number of aliphatic hydroxyl groups is 2. The molecule has 112 heavy (non-hydrogen) atoms. The summed E-state index contributed by atoms with van der Waals surface area (Å²) in [5, 5.41) is 17.5. The van der Waals surface area contributed by atoms with Crippen molar-refractivity contribution in [2.24, 2.45) is 0 Å². The van der Waals surface area contributed by atoms with Crippen LogP contribution < -0.4 is 14.2 Å². The molecule has 9 aromatic heterocycles. The Morgan fingerprint density at radius 2 is 0.732 bits per heavy atom. The van der Waals surface area contributed by atoms with Crippen LogP contribution in [0, 0.1) is 20.8 Å². The number of pyridine rings is 9. The van der Waals surface area contributed by atoms with Crippen LogP contribution in [-0.2, 0) is 68.2 Å². The molecule has 0 radical (unpaired) electrons. The monoisotopic (exact) mass is 1550 g/mol. The summed E-state index contributed by atoms with van der Waals surface area (Å²) < 4.78 is 51.8. The van der Waals surface area contributed by atoms with Gasteiger partial charge in [0.1, 0.15) is 6.61 Å². The predicted molar refractivity (Wildman–Crippen MR) is 461 cm³/mol. The Bertz CT molecular complexity index is 4010. The number of methoxy groups -OCH3 is 1. The summed E-state index contributed by atoms with van der Waals surface area (Å²) in [6, 6.07) is 45.3. The SMILES string of the molecule is CC(C)(C)c1cccc(CCC(F)(F)F)n1.CC(C)(C)c1cccc(CO)n1.CC(C)(C)c1cccc(OCCO)n1.CC(C)(C)c1cccnc1.CCOc1cccc(C(C)(C)C)n1.CCc1cccc(C(C)(C)C)n1.COc1cc(C)cc(C(C)(C)C)n1.Cc1cccc(C(C)(C)C)n1.Cc1cncc(C(C)(C)C)c1. The summed E-state index contributed by atoms with van der Waals surface area (Å²) in [6.07, 6.45) is 3.59. The average molecular weight is 1550 g/mol. The highest BCUT2D eigenvalue weighted by molar-refractivity contribution is 5.29. The molecule has 17 heteroatoms. The van der Waals surface area contributed by atoms with Crippen molar-refractivity contribution in [1.82, 2.24) is 44.9 Å². The van der Waals surface area contributed by atoms with Gasteiger partial charge in [0.2, 0.25) is 17.6 Å². The fourth-order valence-corrected chi connectivity index (χ4v) is 9.37. The second-order valence-electron chi connectivity index (χ2n) is 36.9. The van der Waals surface area contributed by atoms with E-state index in [1.165, 1.54) is 33.6 Å². The van der Waals surface area contributed by atoms with Crippen LogP contribution in [0.4, 0.5) is 13.2 Å². The lowest BCUT2D eigenvalue weighted by Crippen LogP contribution is -2.15. The molecule has 9 heterocycles. The maximum atomic E-state index is 12.0. The summed E-state index contributed by atoms with van der Waals surface area (Å²) >= 11 is 0. The van der Waals surface area contributed by atoms with Gasteiger partial charge in [0.15, 0.2) is 0 Å². The first-order valence-corrected chi connectivity index (χ1v) is 39.1. The molecule has 618 valence electrons. The third-order valence-corrected chi connectivity index (χ3v) is 16.4. The molecule has 0 aliphatic carbocycles. The van der Waals surface area contributed by atoms with Gasteiger partial charge in [-0.15, -0.1) is 0 Å². The van der Waals surface area contributed by atoms with Gasteiger partial charge in [-0.3, -0.25) is 29.9 Å². The van der Waals surface area contributed by atoms with Crippen molar-refractivity contribution in [2.45, 2.75) is 302 Å². The van der Waals surface area contributed by atoms with E-state index in [9.17, 15) is 13.2 Å². The fourth-order valence-electron chi connectivity index (χ4n) is 9.37. The van der Waals surface area contributed by atoms with Crippen LogP contribution in [0.15, 0.2) is 164 Å². The maximum absolute atomic E-state index is 12.0. The molecule has 0 unspecified atom stereocenters. The summed E-state index contributed by atoms with van der Waals surface area (Å²) in [7, 11) is 1.65. The fraction of sp³-hybridized carbons (Fsp3) is 0.526. The molecule has 2 N–H and O–H groups in total. The first-order valence-electron chi connectivity index (χ1n) is 39.1. The zero-order chi connectivity index (χ0) is 85.9. The zero-order valence-electron chi connectivity index (χ0n) is 74.8. The lowest BCUT2D eigenvalue weighted by atomic mass is 9.88. The van der Waals surface area contributed by atoms with E-state index < -0.39 is 12.6 Å². The molecule has 0 spiro atoms. The molecule has 0 aromatic carbocycles. The van der Waals surface area contributed by atoms with E-state index in [1.54, 1.807) is 31.5 Å². The minimum Gasteiger partial charge on any atom is -0.481 e. The summed E-state index contributed by atoms with van der Waals surface area (Å²) in [5.74, 6) is 1.99. The van der Waals surface area contributed by atoms with Crippen LogP contribution in [0.25, 0.3) is 0 Å². The number of ether oxygens (including phenoxy) is 3. The minimum atomic E-state index is -4.11. The van der Waals surface area contributed by atoms with Crippen molar-refractivity contribution < 1.29 is 37.6 Å². The Labute approximate surface area is 675 Å². The molecular weight excluding hydrogens is 1400 g/mol. The smallest absolute Gasteiger partial charge is 0.389 e. The summed E-state index contributed by atoms with van der Waals surface area (Å²) in [6.45, 7) is 69.0. The van der Waals surface area contributed by atoms with Gasteiger partial charge < -0.3 is 24.4 Å². The molecule has 0 bridgehead atoms. The van der Waals surface area contributed by atoms with E-state index in [1.807, 2.05) is 126 Å². The molecule has 0 atom stereocenters. The van der Waals surface area contributed by atoms with Crippen molar-refractivity contribution in [3.8, 4) is 17.6 Å². The zero-order valence-corrected chi connectivity index (χ0v) is 74.8. The molecule has 0 amide bonds. The van der Waals surface area contributed by atoms with Crippen molar-refractivity contribution in [1.29, 1.82) is 0 Å². The summed E-state index contributed by atoms with van der Waals surface area (Å²) in [5.41, 5.74) is 16.8. The van der Waals surface area contributed by atoms with E-state index in [2.05, 4.69) is 280 Å². The second kappa shape index (κ2) is 46.0. The van der Waals surface area contributed by atoms with Gasteiger partial charge in [-0.1, -0.05) is 242 Å². The highest BCUT2D eigenvalue weighted by Gasteiger charge is 2.28. The van der Waals surface area contributed by atoms with E-state index in [0.717, 1.165) is 57.9 Å². The largest absolute Gasteiger partial charge is 0.481 e. The Balaban J connectivity index is 0.000000632. The molecule has 0 fully saturated rings. The van der Waals surface area contributed by atoms with Crippen LogP contribution in [-0.4, -0.2) is 88.2 Å². The number of hydrogen-bond acceptors (Lipinski definition) is 14. The number of aliphatic hydroxyl groups excluding tert-OH is 2. The molecular formula is C95H142F3N9O5. The van der Waals surface area contributed by atoms with Gasteiger partial charge in [0.05, 0.1) is 38.3 Å². The number of halogens is 3. The standard InChI is InChI=1S/C12H16F3N.C11H17NO2.2C11H17NO.C11H17N.C10H15NO.2C10H15N.C9H13N/c1-11(2,3)10-6-4-5-9(16-10)7-8-12(13,14)15;1-11(2,3)9-5-4-6-10(12-9)14-8-7-13;1-8-6-9(11(2,3)4)12-10(7-8)13-5;1-5-13-10-8-6-7-9(12-10)11(2,3)4;1-5-9-7-6-8-10(12-9)11(2,3)4;1-10(2,3)9-6-4-5-8(7-12)11-9;1-8-5-9(7-11-6-8)10(2,3)4;1-8-6-5-7-9(11-8)10(2,3)4;1-9(2,3)8-5-4-6-10-7-8/h4-6H,7-8H2,1-3H3;4-6,13H,7-8H2,1-3H3;6-7H,1-5H3;6-8H,5H2,1-4H3;6-8H,5H2,1-4H3;4-6,12H,7H2,1-3H3;2*5-7H,1-4H3;4-7H,1-3H3. The van der Waals surface area contributed by atoms with Gasteiger partial charge in [-0.2, -0.15) is 13.2 Å². The Hall–Kier alpha value is -8.54. The average Bonchev–Trinajstić information content (AvgIpc) is 0.839. The highest BCUT2D eigenvalue weighted by Crippen LogP contribution is 2.29. The van der Waals surface area contributed by atoms with Gasteiger partial charge in [-0.05, 0) is 146 Å². The number of alkyl halides is 3. The molecule has 9 rings (SSSR count). The van der Waals surface area contributed by atoms with E-state index >= 15 is 0 Å². The van der Waals surface area contributed by atoms with Crippen LogP contribution in [0.5, 0.6) is 17.6 Å². The molecule has 0 aliphatic rings. The lowest BCUT2D eigenvalue weighted by Gasteiger charge is -2.18. The predicted octanol–water partition coefficient (Wildman–Crippen LogP) is 23.7. The molecule has 0 saturated carbocycles. The first kappa shape index (κ1) is 101. The van der Waals surface area contributed by atoms with E-state index in [-0.39, 0.29) is 68.4 Å². The number of rotatable bonds is 10. The molecule has 0 saturated heterocycles. The Morgan fingerprint density at radius 3 is 1.08 bits per heavy atom. The van der Waals surface area contributed by atoms with Crippen molar-refractivity contribution in [3.63, 3.8) is 0 Å². The van der Waals surface area contributed by atoms with Gasteiger partial charge in [-0.25, -0.2) is 15.0 Å². The number of hydrogen-bond donors (Lipinski definition) is 2. The van der Waals surface area contributed by atoms with Crippen LogP contribution in [0.2, 0.25) is 0 Å². The minimum absolute atomic E-state index is 0.0153. The van der Waals surface area contributed by atoms with Crippen molar-refractivity contribution in [3.05, 3.63) is 249 Å². The third kappa shape index (κ3) is 42.9. The van der Waals surface area contributed by atoms with Gasteiger partial charge in [0, 0.05) is 139 Å². The Kier molecular flexibility index (Phi) is 41.7. The highest BCUT2D eigenvalue weighted by atomic mass is 19.4. The lowest BCUT2D eigenvalue weighted by molar-refractivity contribution is -0.134. The first-order chi connectivity index (χ1) is 51.4. The maximum Gasteiger partial charge on any atom is 0.389 e. The van der Waals surface area contributed by atoms with E-state index in [0.29, 0.717) is 30.7 Å². The number of aryl methyl sites for hydroxylation is 5. The Morgan fingerprint density at radius 1 is 0.348 bits per heavy atom. The van der Waals surface area contributed by atoms with Crippen LogP contribution >= 0.6 is 0 Å². The van der Waals surface area contributed by atoms with Crippen molar-refractivity contribution >= 4 is 0 Å². The molecule has 14 nitrogen and oxygen atoms in total. The van der Waals surface area contributed by atoms with E-state index in [4.69, 9.17) is 24.4 Å².